The number of carbonyl (C=O) groups excluding carboxylic acids is 1. The highest BCUT2D eigenvalue weighted by molar-refractivity contribution is 7.20. The molecule has 0 saturated carbocycles. The van der Waals surface area contributed by atoms with E-state index in [0.717, 1.165) is 21.5 Å². The number of rotatable bonds is 6. The Labute approximate surface area is 165 Å². The van der Waals surface area contributed by atoms with Gasteiger partial charge in [0.1, 0.15) is 16.3 Å². The Morgan fingerprint density at radius 3 is 2.57 bits per heavy atom. The van der Waals surface area contributed by atoms with Crippen molar-refractivity contribution in [1.29, 1.82) is 5.26 Å². The number of aromatic nitrogens is 2. The van der Waals surface area contributed by atoms with E-state index in [0.29, 0.717) is 28.2 Å². The summed E-state index contributed by atoms with van der Waals surface area (Å²) in [7, 11) is 0. The van der Waals surface area contributed by atoms with Crippen molar-refractivity contribution in [3.63, 3.8) is 0 Å². The quantitative estimate of drug-likeness (QED) is 0.596. The van der Waals surface area contributed by atoms with Crippen LogP contribution in [0.4, 0.5) is 0 Å². The summed E-state index contributed by atoms with van der Waals surface area (Å²) in [5.74, 6) is -0.519. The van der Waals surface area contributed by atoms with Gasteiger partial charge in [0, 0.05) is 6.54 Å². The molecule has 0 aliphatic rings. The normalized spacial score (nSPS) is 10.8. The number of benzene rings is 1. The van der Waals surface area contributed by atoms with Crippen LogP contribution in [-0.4, -0.2) is 21.7 Å². The van der Waals surface area contributed by atoms with Crippen molar-refractivity contribution < 1.29 is 9.53 Å². The predicted octanol–water partition coefficient (Wildman–Crippen LogP) is 2.48. The Kier molecular flexibility index (Phi) is 5.76. The van der Waals surface area contributed by atoms with E-state index < -0.39 is 17.2 Å². The van der Waals surface area contributed by atoms with Gasteiger partial charge >= 0.3 is 11.7 Å². The molecule has 0 N–H and O–H groups in total. The topological polar surface area (TPSA) is 94.1 Å². The first-order chi connectivity index (χ1) is 13.5. The third-order valence-electron chi connectivity index (χ3n) is 4.45. The molecule has 1 aromatic carbocycles. The Balaban J connectivity index is 2.21. The van der Waals surface area contributed by atoms with Gasteiger partial charge in [-0.25, -0.2) is 14.2 Å². The molecule has 2 heterocycles. The predicted molar refractivity (Wildman–Crippen MR) is 107 cm³/mol. The molecule has 0 amide bonds. The van der Waals surface area contributed by atoms with Crippen LogP contribution in [0.3, 0.4) is 0 Å². The molecule has 0 saturated heterocycles. The number of fused-ring (bicyclic) bond motifs is 1. The third-order valence-corrected chi connectivity index (χ3v) is 5.75. The van der Waals surface area contributed by atoms with Gasteiger partial charge in [0.15, 0.2) is 0 Å². The van der Waals surface area contributed by atoms with Gasteiger partial charge < -0.3 is 4.74 Å². The van der Waals surface area contributed by atoms with E-state index in [2.05, 4.69) is 0 Å². The van der Waals surface area contributed by atoms with Crippen molar-refractivity contribution in [3.8, 4) is 6.07 Å². The average molecular weight is 397 g/mol. The summed E-state index contributed by atoms with van der Waals surface area (Å²) in [6, 6.07) is 11.5. The molecule has 0 bridgehead atoms. The molecule has 2 aromatic heterocycles. The summed E-state index contributed by atoms with van der Waals surface area (Å²) in [5, 5.41) is 9.33. The fourth-order valence-corrected chi connectivity index (χ4v) is 4.29. The van der Waals surface area contributed by atoms with Crippen molar-refractivity contribution in [2.45, 2.75) is 33.4 Å². The molecule has 7 nitrogen and oxygen atoms in total. The van der Waals surface area contributed by atoms with Crippen LogP contribution < -0.4 is 11.2 Å². The molecule has 0 aliphatic carbocycles. The SMILES string of the molecule is CCOC(=O)c1sc2c(c1C)c(=O)n(CC#N)c(=O)n2CCc1ccccc1. The first-order valence-electron chi connectivity index (χ1n) is 8.84. The van der Waals surface area contributed by atoms with Gasteiger partial charge in [0.05, 0.1) is 18.1 Å². The number of ether oxygens (including phenoxy) is 1. The number of aryl methyl sites for hydroxylation is 3. The zero-order chi connectivity index (χ0) is 20.3. The maximum Gasteiger partial charge on any atom is 0.348 e. The zero-order valence-electron chi connectivity index (χ0n) is 15.6. The smallest absolute Gasteiger partial charge is 0.348 e. The Morgan fingerprint density at radius 2 is 1.93 bits per heavy atom. The molecule has 28 heavy (non-hydrogen) atoms. The third kappa shape index (κ3) is 3.49. The summed E-state index contributed by atoms with van der Waals surface area (Å²) < 4.78 is 7.47. The number of thiophene rings is 1. The Morgan fingerprint density at radius 1 is 1.21 bits per heavy atom. The molecule has 3 aromatic rings. The van der Waals surface area contributed by atoms with E-state index in [9.17, 15) is 14.4 Å². The lowest BCUT2D eigenvalue weighted by Gasteiger charge is -2.10. The molecular weight excluding hydrogens is 378 g/mol. The van der Waals surface area contributed by atoms with Gasteiger partial charge in [0.25, 0.3) is 5.56 Å². The molecular formula is C20H19N3O4S. The van der Waals surface area contributed by atoms with E-state index >= 15 is 0 Å². The van der Waals surface area contributed by atoms with E-state index in [1.54, 1.807) is 13.8 Å². The minimum absolute atomic E-state index is 0.214. The largest absolute Gasteiger partial charge is 0.462 e. The zero-order valence-corrected chi connectivity index (χ0v) is 16.4. The number of hydrogen-bond donors (Lipinski definition) is 0. The first-order valence-corrected chi connectivity index (χ1v) is 9.66. The van der Waals surface area contributed by atoms with Crippen molar-refractivity contribution in [2.75, 3.05) is 6.61 Å². The van der Waals surface area contributed by atoms with Gasteiger partial charge in [0.2, 0.25) is 0 Å². The van der Waals surface area contributed by atoms with E-state index in [1.807, 2.05) is 36.4 Å². The fourth-order valence-electron chi connectivity index (χ4n) is 3.08. The van der Waals surface area contributed by atoms with Gasteiger partial charge in [-0.1, -0.05) is 30.3 Å². The molecule has 0 atom stereocenters. The lowest BCUT2D eigenvalue weighted by Crippen LogP contribution is -2.39. The number of esters is 1. The monoisotopic (exact) mass is 397 g/mol. The highest BCUT2D eigenvalue weighted by Gasteiger charge is 2.23. The molecule has 0 unspecified atom stereocenters. The van der Waals surface area contributed by atoms with Crippen LogP contribution in [0, 0.1) is 18.3 Å². The second kappa shape index (κ2) is 8.23. The van der Waals surface area contributed by atoms with Crippen LogP contribution in [0.2, 0.25) is 0 Å². The average Bonchev–Trinajstić information content (AvgIpc) is 3.03. The summed E-state index contributed by atoms with van der Waals surface area (Å²) in [4.78, 5) is 38.7. The Bertz CT molecular complexity index is 1180. The number of hydrogen-bond acceptors (Lipinski definition) is 6. The number of nitrogens with zero attached hydrogens (tertiary/aromatic N) is 3. The van der Waals surface area contributed by atoms with Gasteiger partial charge in [-0.3, -0.25) is 9.36 Å². The maximum atomic E-state index is 12.9. The number of nitriles is 1. The van der Waals surface area contributed by atoms with Crippen LogP contribution in [-0.2, 0) is 24.2 Å². The van der Waals surface area contributed by atoms with Crippen molar-refractivity contribution in [2.24, 2.45) is 0 Å². The fraction of sp³-hybridized carbons (Fsp3) is 0.300. The molecule has 8 heteroatoms. The summed E-state index contributed by atoms with van der Waals surface area (Å²) in [6.07, 6.45) is 0.576. The van der Waals surface area contributed by atoms with Crippen LogP contribution in [0.15, 0.2) is 39.9 Å². The van der Waals surface area contributed by atoms with Crippen LogP contribution in [0.1, 0.15) is 27.7 Å². The van der Waals surface area contributed by atoms with Gasteiger partial charge in [-0.05, 0) is 31.4 Å². The van der Waals surface area contributed by atoms with Crippen LogP contribution in [0.25, 0.3) is 10.2 Å². The first kappa shape index (κ1) is 19.6. The Hall–Kier alpha value is -3.18. The van der Waals surface area contributed by atoms with Crippen LogP contribution in [0.5, 0.6) is 0 Å². The molecule has 0 fully saturated rings. The summed E-state index contributed by atoms with van der Waals surface area (Å²) in [5.41, 5.74) is 0.413. The second-order valence-corrected chi connectivity index (χ2v) is 7.18. The van der Waals surface area contributed by atoms with Crippen molar-refractivity contribution >= 4 is 27.5 Å². The van der Waals surface area contributed by atoms with Crippen molar-refractivity contribution in [3.05, 3.63) is 67.2 Å². The van der Waals surface area contributed by atoms with Gasteiger partial charge in [-0.2, -0.15) is 5.26 Å². The summed E-state index contributed by atoms with van der Waals surface area (Å²) in [6.45, 7) is 3.56. The highest BCUT2D eigenvalue weighted by Crippen LogP contribution is 2.28. The summed E-state index contributed by atoms with van der Waals surface area (Å²) >= 11 is 1.08. The number of carbonyl (C=O) groups is 1. The lowest BCUT2D eigenvalue weighted by atomic mass is 10.1. The minimum atomic E-state index is -0.554. The molecule has 0 spiro atoms. The maximum absolute atomic E-state index is 12.9. The standard InChI is InChI=1S/C20H19N3O4S/c1-3-27-19(25)16-13(2)15-17(24)22(12-10-21)20(26)23(18(15)28-16)11-9-14-7-5-4-6-8-14/h4-8H,3,9,11-12H2,1-2H3. The van der Waals surface area contributed by atoms with E-state index in [4.69, 9.17) is 10.00 Å². The van der Waals surface area contributed by atoms with E-state index in [-0.39, 0.29) is 18.5 Å². The van der Waals surface area contributed by atoms with Crippen LogP contribution >= 0.6 is 11.3 Å². The highest BCUT2D eigenvalue weighted by atomic mass is 32.1. The molecule has 0 radical (unpaired) electrons. The van der Waals surface area contributed by atoms with E-state index in [1.165, 1.54) is 4.57 Å². The molecule has 144 valence electrons. The molecule has 0 aliphatic heterocycles. The minimum Gasteiger partial charge on any atom is -0.462 e. The van der Waals surface area contributed by atoms with Gasteiger partial charge in [-0.15, -0.1) is 11.3 Å². The second-order valence-electron chi connectivity index (χ2n) is 6.18. The molecule has 3 rings (SSSR count). The lowest BCUT2D eigenvalue weighted by molar-refractivity contribution is 0.0531. The van der Waals surface area contributed by atoms with Crippen molar-refractivity contribution in [1.82, 2.24) is 9.13 Å².